The molecule has 0 unspecified atom stereocenters. The number of piperazine rings is 1. The van der Waals surface area contributed by atoms with E-state index in [0.717, 1.165) is 56.1 Å². The molecule has 5 heteroatoms. The van der Waals surface area contributed by atoms with Gasteiger partial charge < -0.3 is 10.2 Å². The first-order chi connectivity index (χ1) is 13.8. The third kappa shape index (κ3) is 3.06. The van der Waals surface area contributed by atoms with E-state index in [1.165, 1.54) is 23.4 Å². The Hall–Kier alpha value is -3.10. The average Bonchev–Trinajstić information content (AvgIpc) is 2.73. The summed E-state index contributed by atoms with van der Waals surface area (Å²) in [4.78, 5) is 9.62. The van der Waals surface area contributed by atoms with Crippen LogP contribution in [0.5, 0.6) is 0 Å². The Morgan fingerprint density at radius 1 is 1.04 bits per heavy atom. The van der Waals surface area contributed by atoms with Crippen molar-refractivity contribution in [2.45, 2.75) is 19.3 Å². The highest BCUT2D eigenvalue weighted by atomic mass is 15.3. The first kappa shape index (κ1) is 17.0. The van der Waals surface area contributed by atoms with Gasteiger partial charge >= 0.3 is 0 Å². The third-order valence-electron chi connectivity index (χ3n) is 5.79. The van der Waals surface area contributed by atoms with E-state index in [1.807, 2.05) is 24.3 Å². The van der Waals surface area contributed by atoms with E-state index in [-0.39, 0.29) is 0 Å². The molecular weight excluding hydrogens is 346 g/mol. The van der Waals surface area contributed by atoms with Crippen LogP contribution < -0.4 is 5.32 Å². The Bertz CT molecular complexity index is 973. The molecule has 0 spiro atoms. The maximum absolute atomic E-state index is 9.05. The minimum Gasteiger partial charge on any atom is -0.368 e. The van der Waals surface area contributed by atoms with E-state index in [2.05, 4.69) is 45.6 Å². The van der Waals surface area contributed by atoms with E-state index >= 15 is 0 Å². The molecule has 3 aliphatic heterocycles. The fourth-order valence-electron chi connectivity index (χ4n) is 3.98. The summed E-state index contributed by atoms with van der Waals surface area (Å²) in [6.45, 7) is 4.13. The van der Waals surface area contributed by atoms with E-state index in [4.69, 9.17) is 10.3 Å². The molecule has 5 rings (SSSR count). The summed E-state index contributed by atoms with van der Waals surface area (Å²) in [5, 5.41) is 12.5. The van der Waals surface area contributed by atoms with Crippen molar-refractivity contribution in [3.05, 3.63) is 76.8 Å². The largest absolute Gasteiger partial charge is 0.368 e. The lowest BCUT2D eigenvalue weighted by atomic mass is 9.88. The van der Waals surface area contributed by atoms with Crippen LogP contribution in [-0.4, -0.2) is 41.8 Å². The van der Waals surface area contributed by atoms with Gasteiger partial charge in [-0.15, -0.1) is 0 Å². The van der Waals surface area contributed by atoms with Gasteiger partial charge in [0.05, 0.1) is 23.0 Å². The molecule has 1 N–H and O–H groups in total. The second kappa shape index (κ2) is 7.14. The Labute approximate surface area is 165 Å². The summed E-state index contributed by atoms with van der Waals surface area (Å²) in [6, 6.07) is 9.88. The maximum Gasteiger partial charge on any atom is 0.137 e. The van der Waals surface area contributed by atoms with E-state index in [9.17, 15) is 0 Å². The number of hydrogen-bond acceptors (Lipinski definition) is 5. The van der Waals surface area contributed by atoms with Gasteiger partial charge in [0.25, 0.3) is 0 Å². The molecule has 2 fully saturated rings. The fraction of sp³-hybridized carbons (Fsp3) is 0.304. The molecule has 140 valence electrons. The molecule has 1 aromatic rings. The predicted molar refractivity (Wildman–Crippen MR) is 111 cm³/mol. The summed E-state index contributed by atoms with van der Waals surface area (Å²) in [7, 11) is 0. The van der Waals surface area contributed by atoms with Crippen LogP contribution >= 0.6 is 0 Å². The molecule has 0 bridgehead atoms. The topological polar surface area (TPSA) is 54.7 Å². The lowest BCUT2D eigenvalue weighted by Crippen LogP contribution is -2.44. The number of fused-ring (bicyclic) bond motifs is 1. The fourth-order valence-corrected chi connectivity index (χ4v) is 3.98. The van der Waals surface area contributed by atoms with Gasteiger partial charge in [0.1, 0.15) is 5.84 Å². The third-order valence-corrected chi connectivity index (χ3v) is 5.79. The molecule has 0 aromatic heterocycles. The van der Waals surface area contributed by atoms with Gasteiger partial charge in [0.2, 0.25) is 0 Å². The number of nitrogens with zero attached hydrogens (tertiary/aromatic N) is 4. The second-order valence-electron chi connectivity index (χ2n) is 7.53. The number of benzene rings is 1. The van der Waals surface area contributed by atoms with Gasteiger partial charge in [0, 0.05) is 43.6 Å². The van der Waals surface area contributed by atoms with Crippen molar-refractivity contribution in [1.82, 2.24) is 15.1 Å². The minimum absolute atomic E-state index is 0.674. The molecule has 28 heavy (non-hydrogen) atoms. The van der Waals surface area contributed by atoms with Gasteiger partial charge in [-0.3, -0.25) is 4.90 Å². The first-order valence-corrected chi connectivity index (χ1v) is 9.99. The maximum atomic E-state index is 9.05. The number of hydrogen-bond donors (Lipinski definition) is 1. The molecule has 4 aliphatic rings. The molecule has 0 radical (unpaired) electrons. The highest BCUT2D eigenvalue weighted by molar-refractivity contribution is 6.02. The molecule has 1 aliphatic carbocycles. The van der Waals surface area contributed by atoms with Gasteiger partial charge in [0.15, 0.2) is 0 Å². The summed E-state index contributed by atoms with van der Waals surface area (Å²) < 4.78 is 0. The SMILES string of the molecule is N#Cc1ccc(C2=CC(=C3CCC3)N3C=C(N4CCNCC4)C=CC3=N2)cc1. The summed E-state index contributed by atoms with van der Waals surface area (Å²) in [5.74, 6) is 0.968. The Morgan fingerprint density at radius 3 is 2.50 bits per heavy atom. The van der Waals surface area contributed by atoms with Crippen LogP contribution in [0.2, 0.25) is 0 Å². The van der Waals surface area contributed by atoms with Gasteiger partial charge in [-0.05, 0) is 55.2 Å². The van der Waals surface area contributed by atoms with E-state index in [1.54, 1.807) is 0 Å². The van der Waals surface area contributed by atoms with Crippen molar-refractivity contribution in [3.63, 3.8) is 0 Å². The molecule has 1 saturated carbocycles. The van der Waals surface area contributed by atoms with Crippen LogP contribution in [0.15, 0.2) is 70.7 Å². The standard InChI is InChI=1S/C23H23N5/c24-15-17-4-6-18(7-5-17)21-14-22(19-2-1-3-19)28-16-20(8-9-23(28)26-21)27-12-10-25-11-13-27/h4-9,14,16,25H,1-3,10-13H2. The normalized spacial score (nSPS) is 21.3. The molecule has 1 aromatic carbocycles. The smallest absolute Gasteiger partial charge is 0.137 e. The van der Waals surface area contributed by atoms with E-state index < -0.39 is 0 Å². The molecule has 0 atom stereocenters. The van der Waals surface area contributed by atoms with Crippen LogP contribution in [0.25, 0.3) is 5.70 Å². The van der Waals surface area contributed by atoms with Gasteiger partial charge in [-0.25, -0.2) is 4.99 Å². The average molecular weight is 369 g/mol. The lowest BCUT2D eigenvalue weighted by Gasteiger charge is -2.37. The number of rotatable bonds is 2. The summed E-state index contributed by atoms with van der Waals surface area (Å²) >= 11 is 0. The predicted octanol–water partition coefficient (Wildman–Crippen LogP) is 3.37. The zero-order chi connectivity index (χ0) is 18.9. The highest BCUT2D eigenvalue weighted by Gasteiger charge is 2.27. The van der Waals surface area contributed by atoms with Crippen molar-refractivity contribution in [2.24, 2.45) is 4.99 Å². The Morgan fingerprint density at radius 2 is 1.82 bits per heavy atom. The summed E-state index contributed by atoms with van der Waals surface area (Å²) in [5.41, 5.74) is 6.72. The molecule has 1 saturated heterocycles. The highest BCUT2D eigenvalue weighted by Crippen LogP contribution is 2.37. The van der Waals surface area contributed by atoms with Crippen LogP contribution in [0.3, 0.4) is 0 Å². The van der Waals surface area contributed by atoms with Gasteiger partial charge in [-0.2, -0.15) is 5.26 Å². The number of amidine groups is 1. The van der Waals surface area contributed by atoms with Gasteiger partial charge in [-0.1, -0.05) is 12.1 Å². The minimum atomic E-state index is 0.674. The quantitative estimate of drug-likeness (QED) is 0.868. The Balaban J connectivity index is 1.51. The zero-order valence-corrected chi connectivity index (χ0v) is 15.9. The number of nitrogens with one attached hydrogen (secondary N) is 1. The number of aliphatic imine (C=N–C) groups is 1. The monoisotopic (exact) mass is 369 g/mol. The van der Waals surface area contributed by atoms with Crippen LogP contribution in [0, 0.1) is 11.3 Å². The van der Waals surface area contributed by atoms with Crippen molar-refractivity contribution < 1.29 is 0 Å². The number of nitriles is 1. The lowest BCUT2D eigenvalue weighted by molar-refractivity contribution is 0.303. The number of allylic oxidation sites excluding steroid dienone is 3. The summed E-state index contributed by atoms with van der Waals surface area (Å²) in [6.07, 6.45) is 12.4. The van der Waals surface area contributed by atoms with Crippen molar-refractivity contribution in [1.29, 1.82) is 5.26 Å². The second-order valence-corrected chi connectivity index (χ2v) is 7.53. The first-order valence-electron chi connectivity index (χ1n) is 9.99. The van der Waals surface area contributed by atoms with Crippen molar-refractivity contribution in [2.75, 3.05) is 26.2 Å². The van der Waals surface area contributed by atoms with Crippen LogP contribution in [-0.2, 0) is 0 Å². The van der Waals surface area contributed by atoms with Crippen molar-refractivity contribution in [3.8, 4) is 6.07 Å². The molecule has 3 heterocycles. The van der Waals surface area contributed by atoms with Crippen LogP contribution in [0.1, 0.15) is 30.4 Å². The molecule has 0 amide bonds. The molecule has 5 nitrogen and oxygen atoms in total. The van der Waals surface area contributed by atoms with Crippen molar-refractivity contribution >= 4 is 11.5 Å². The van der Waals surface area contributed by atoms with E-state index in [0.29, 0.717) is 5.56 Å². The zero-order valence-electron chi connectivity index (χ0n) is 15.9. The van der Waals surface area contributed by atoms with Crippen LogP contribution in [0.4, 0.5) is 0 Å². The molecular formula is C23H23N5. The Kier molecular flexibility index (Phi) is 4.34.